The van der Waals surface area contributed by atoms with Gasteiger partial charge in [0.2, 0.25) is 15.9 Å². The molecule has 34 heavy (non-hydrogen) atoms. The molecule has 0 fully saturated rings. The van der Waals surface area contributed by atoms with Gasteiger partial charge in [-0.25, -0.2) is 8.42 Å². The van der Waals surface area contributed by atoms with Crippen molar-refractivity contribution < 1.29 is 13.2 Å². The minimum Gasteiger partial charge on any atom is -0.351 e. The smallest absolute Gasteiger partial charge is 0.243 e. The van der Waals surface area contributed by atoms with E-state index in [1.807, 2.05) is 6.92 Å². The Morgan fingerprint density at radius 1 is 1.15 bits per heavy atom. The predicted molar refractivity (Wildman–Crippen MR) is 132 cm³/mol. The molecule has 178 valence electrons. The Bertz CT molecular complexity index is 1310. The number of nitrogens with one attached hydrogen (secondary N) is 2. The number of hydrogen-bond acceptors (Lipinski definition) is 4. The van der Waals surface area contributed by atoms with E-state index in [0.717, 1.165) is 5.56 Å². The number of nitrogens with zero attached hydrogens (tertiary/aromatic N) is 2. The predicted octanol–water partition coefficient (Wildman–Crippen LogP) is 4.59. The lowest BCUT2D eigenvalue weighted by Gasteiger charge is -2.24. The van der Waals surface area contributed by atoms with E-state index < -0.39 is 22.0 Å². The van der Waals surface area contributed by atoms with Gasteiger partial charge in [0.15, 0.2) is 0 Å². The molecule has 2 unspecified atom stereocenters. The Balaban J connectivity index is 1.87. The van der Waals surface area contributed by atoms with Gasteiger partial charge in [-0.2, -0.15) is 9.98 Å². The second-order valence-corrected chi connectivity index (χ2v) is 10.4. The summed E-state index contributed by atoms with van der Waals surface area (Å²) in [6, 6.07) is 15.8. The summed E-state index contributed by atoms with van der Waals surface area (Å²) in [5.41, 5.74) is 1.65. The molecule has 1 heterocycles. The van der Waals surface area contributed by atoms with Crippen LogP contribution < -0.4 is 10.0 Å². The third kappa shape index (κ3) is 6.19. The number of aromatic nitrogens is 1. The molecular formula is C24H24Cl2N4O3S. The van der Waals surface area contributed by atoms with Gasteiger partial charge in [0.05, 0.1) is 5.02 Å². The first-order chi connectivity index (χ1) is 16.1. The molecular weight excluding hydrogens is 495 g/mol. The van der Waals surface area contributed by atoms with Crippen molar-refractivity contribution in [2.75, 3.05) is 0 Å². The molecule has 3 rings (SSSR count). The van der Waals surface area contributed by atoms with Gasteiger partial charge >= 0.3 is 0 Å². The van der Waals surface area contributed by atoms with E-state index in [0.29, 0.717) is 16.3 Å². The molecule has 0 aliphatic heterocycles. The van der Waals surface area contributed by atoms with Crippen LogP contribution in [0.5, 0.6) is 0 Å². The number of hydrogen-bond donors (Lipinski definition) is 2. The van der Waals surface area contributed by atoms with Gasteiger partial charge in [-0.1, -0.05) is 47.5 Å². The van der Waals surface area contributed by atoms with Crippen LogP contribution in [0.3, 0.4) is 0 Å². The van der Waals surface area contributed by atoms with Crippen molar-refractivity contribution in [3.05, 3.63) is 87.7 Å². The molecule has 10 heteroatoms. The van der Waals surface area contributed by atoms with E-state index in [1.54, 1.807) is 66.2 Å². The number of nitriles is 1. The Hall–Kier alpha value is -2.83. The summed E-state index contributed by atoms with van der Waals surface area (Å²) in [7, 11) is -4.12. The van der Waals surface area contributed by atoms with Gasteiger partial charge in [0.1, 0.15) is 22.7 Å². The molecule has 1 aromatic heterocycles. The number of carbonyl (C=O) groups is 1. The number of amides is 1. The summed E-state index contributed by atoms with van der Waals surface area (Å²) in [5.74, 6) is -0.509. The van der Waals surface area contributed by atoms with Crippen molar-refractivity contribution in [1.29, 1.82) is 5.26 Å². The number of benzene rings is 2. The highest BCUT2D eigenvalue weighted by atomic mass is 35.5. The van der Waals surface area contributed by atoms with E-state index in [9.17, 15) is 18.5 Å². The van der Waals surface area contributed by atoms with Crippen LogP contribution in [0.2, 0.25) is 10.0 Å². The molecule has 2 aromatic carbocycles. The maximum absolute atomic E-state index is 13.2. The molecule has 0 spiro atoms. The average Bonchev–Trinajstić information content (AvgIpc) is 3.26. The van der Waals surface area contributed by atoms with Crippen molar-refractivity contribution in [2.45, 2.75) is 43.8 Å². The molecule has 0 aliphatic carbocycles. The van der Waals surface area contributed by atoms with E-state index in [-0.39, 0.29) is 28.9 Å². The SMILES string of the molecule is Cc1cccc(Cl)c1S(=O)(=O)NC(CC(C)n1cccc1C#N)C(=O)NCc1cccc(Cl)c1. The van der Waals surface area contributed by atoms with Crippen LogP contribution in [0.25, 0.3) is 0 Å². The normalized spacial score (nSPS) is 13.1. The second-order valence-electron chi connectivity index (χ2n) is 7.90. The lowest BCUT2D eigenvalue weighted by molar-refractivity contribution is -0.123. The summed E-state index contributed by atoms with van der Waals surface area (Å²) in [5, 5.41) is 12.7. The summed E-state index contributed by atoms with van der Waals surface area (Å²) >= 11 is 12.2. The molecule has 1 amide bonds. The Kier molecular flexibility index (Phi) is 8.39. The Morgan fingerprint density at radius 2 is 1.88 bits per heavy atom. The van der Waals surface area contributed by atoms with Crippen molar-refractivity contribution in [2.24, 2.45) is 0 Å². The fraction of sp³-hybridized carbons (Fsp3) is 0.250. The van der Waals surface area contributed by atoms with Gasteiger partial charge in [-0.05, 0) is 61.7 Å². The first kappa shape index (κ1) is 25.8. The largest absolute Gasteiger partial charge is 0.351 e. The molecule has 0 saturated carbocycles. The molecule has 0 radical (unpaired) electrons. The maximum atomic E-state index is 13.2. The fourth-order valence-corrected chi connectivity index (χ4v) is 5.95. The first-order valence-corrected chi connectivity index (χ1v) is 12.7. The molecule has 0 aliphatic rings. The zero-order valence-electron chi connectivity index (χ0n) is 18.6. The van der Waals surface area contributed by atoms with Crippen LogP contribution >= 0.6 is 23.2 Å². The standard InChI is InChI=1S/C24H24Cl2N4O3S/c1-16-6-3-10-21(26)23(16)34(32,33)29-22(12-17(2)30-11-5-9-20(30)14-27)24(31)28-15-18-7-4-8-19(25)13-18/h3-11,13,17,22,29H,12,15H2,1-2H3,(H,28,31). The van der Waals surface area contributed by atoms with Crippen LogP contribution in [0.1, 0.15) is 36.2 Å². The Labute approximate surface area is 209 Å². The van der Waals surface area contributed by atoms with Crippen molar-refractivity contribution in [3.63, 3.8) is 0 Å². The molecule has 7 nitrogen and oxygen atoms in total. The van der Waals surface area contributed by atoms with Gasteiger partial charge < -0.3 is 9.88 Å². The van der Waals surface area contributed by atoms with Gasteiger partial charge in [-0.15, -0.1) is 0 Å². The number of sulfonamides is 1. The van der Waals surface area contributed by atoms with Crippen molar-refractivity contribution >= 4 is 39.1 Å². The van der Waals surface area contributed by atoms with Crippen molar-refractivity contribution in [3.8, 4) is 6.07 Å². The monoisotopic (exact) mass is 518 g/mol. The van der Waals surface area contributed by atoms with Crippen molar-refractivity contribution in [1.82, 2.24) is 14.6 Å². The average molecular weight is 519 g/mol. The zero-order chi connectivity index (χ0) is 24.9. The molecule has 0 bridgehead atoms. The minimum atomic E-state index is -4.12. The highest BCUT2D eigenvalue weighted by Gasteiger charge is 2.30. The van der Waals surface area contributed by atoms with Gasteiger partial charge in [0, 0.05) is 23.8 Å². The lowest BCUT2D eigenvalue weighted by Crippen LogP contribution is -2.47. The fourth-order valence-electron chi connectivity index (χ4n) is 3.70. The van der Waals surface area contributed by atoms with Crippen LogP contribution in [0, 0.1) is 18.3 Å². The summed E-state index contributed by atoms with van der Waals surface area (Å²) in [4.78, 5) is 13.1. The van der Waals surface area contributed by atoms with E-state index in [1.165, 1.54) is 6.07 Å². The summed E-state index contributed by atoms with van der Waals surface area (Å²) < 4.78 is 30.7. The van der Waals surface area contributed by atoms with Crippen LogP contribution in [-0.4, -0.2) is 24.9 Å². The summed E-state index contributed by atoms with van der Waals surface area (Å²) in [6.45, 7) is 3.62. The third-order valence-corrected chi connectivity index (χ3v) is 7.68. The topological polar surface area (TPSA) is 104 Å². The number of carbonyl (C=O) groups excluding carboxylic acids is 1. The number of halogens is 2. The van der Waals surface area contributed by atoms with Gasteiger partial charge in [0.25, 0.3) is 0 Å². The summed E-state index contributed by atoms with van der Waals surface area (Å²) in [6.07, 6.45) is 1.82. The zero-order valence-corrected chi connectivity index (χ0v) is 21.0. The minimum absolute atomic E-state index is 0.0656. The second kappa shape index (κ2) is 11.1. The van der Waals surface area contributed by atoms with E-state index >= 15 is 0 Å². The third-order valence-electron chi connectivity index (χ3n) is 5.35. The highest BCUT2D eigenvalue weighted by molar-refractivity contribution is 7.89. The van der Waals surface area contributed by atoms with Crippen LogP contribution in [0.4, 0.5) is 0 Å². The Morgan fingerprint density at radius 3 is 2.56 bits per heavy atom. The van der Waals surface area contributed by atoms with Crippen LogP contribution in [0.15, 0.2) is 65.7 Å². The number of aryl methyl sites for hydroxylation is 1. The number of rotatable bonds is 9. The highest BCUT2D eigenvalue weighted by Crippen LogP contribution is 2.26. The quantitative estimate of drug-likeness (QED) is 0.432. The van der Waals surface area contributed by atoms with Gasteiger partial charge in [-0.3, -0.25) is 4.79 Å². The van der Waals surface area contributed by atoms with Crippen LogP contribution in [-0.2, 0) is 21.4 Å². The maximum Gasteiger partial charge on any atom is 0.243 e. The molecule has 2 N–H and O–H groups in total. The molecule has 2 atom stereocenters. The van der Waals surface area contributed by atoms with E-state index in [4.69, 9.17) is 23.2 Å². The lowest BCUT2D eigenvalue weighted by atomic mass is 10.1. The molecule has 3 aromatic rings. The first-order valence-electron chi connectivity index (χ1n) is 10.5. The van der Waals surface area contributed by atoms with E-state index in [2.05, 4.69) is 16.1 Å². The molecule has 0 saturated heterocycles.